The van der Waals surface area contributed by atoms with Gasteiger partial charge in [0.2, 0.25) is 5.91 Å². The van der Waals surface area contributed by atoms with Crippen molar-refractivity contribution in [2.75, 3.05) is 25.0 Å². The molecule has 2 rings (SSSR count). The first-order chi connectivity index (χ1) is 13.6. The Kier molecular flexibility index (Phi) is 9.48. The SMILES string of the molecule is CCCCNc1nc(C(=O)N(CCC(=O)NCCC)Cc2ccccc2)cs1. The fourth-order valence-electron chi connectivity index (χ4n) is 2.63. The highest BCUT2D eigenvalue weighted by atomic mass is 32.1. The summed E-state index contributed by atoms with van der Waals surface area (Å²) < 4.78 is 0. The molecular formula is C21H30N4O2S. The molecule has 0 aliphatic heterocycles. The third kappa shape index (κ3) is 7.31. The fourth-order valence-corrected chi connectivity index (χ4v) is 3.35. The number of hydrogen-bond donors (Lipinski definition) is 2. The van der Waals surface area contributed by atoms with Gasteiger partial charge in [0.25, 0.3) is 5.91 Å². The van der Waals surface area contributed by atoms with Gasteiger partial charge in [-0.15, -0.1) is 11.3 Å². The molecule has 2 N–H and O–H groups in total. The normalized spacial score (nSPS) is 10.5. The molecule has 2 amide bonds. The molecule has 1 heterocycles. The van der Waals surface area contributed by atoms with E-state index in [2.05, 4.69) is 22.5 Å². The highest BCUT2D eigenvalue weighted by Crippen LogP contribution is 2.18. The molecule has 0 atom stereocenters. The molecule has 0 aliphatic carbocycles. The number of nitrogens with one attached hydrogen (secondary N) is 2. The zero-order valence-corrected chi connectivity index (χ0v) is 17.6. The molecule has 2 aromatic rings. The van der Waals surface area contributed by atoms with Crippen LogP contribution >= 0.6 is 11.3 Å². The molecule has 0 saturated carbocycles. The van der Waals surface area contributed by atoms with Crippen molar-refractivity contribution in [3.8, 4) is 0 Å². The Morgan fingerprint density at radius 1 is 1.11 bits per heavy atom. The molecule has 0 spiro atoms. The molecule has 28 heavy (non-hydrogen) atoms. The van der Waals surface area contributed by atoms with Crippen LogP contribution < -0.4 is 10.6 Å². The minimum absolute atomic E-state index is 0.0343. The number of anilines is 1. The maximum atomic E-state index is 13.0. The molecule has 6 nitrogen and oxygen atoms in total. The van der Waals surface area contributed by atoms with Crippen LogP contribution in [0.5, 0.6) is 0 Å². The average molecular weight is 403 g/mol. The summed E-state index contributed by atoms with van der Waals surface area (Å²) >= 11 is 1.44. The first kappa shape index (κ1) is 21.9. The summed E-state index contributed by atoms with van der Waals surface area (Å²) in [5, 5.41) is 8.66. The number of aromatic nitrogens is 1. The van der Waals surface area contributed by atoms with Gasteiger partial charge < -0.3 is 15.5 Å². The summed E-state index contributed by atoms with van der Waals surface area (Å²) in [6.45, 7) is 6.47. The summed E-state index contributed by atoms with van der Waals surface area (Å²) in [6.07, 6.45) is 3.35. The molecule has 0 unspecified atom stereocenters. The first-order valence-electron chi connectivity index (χ1n) is 9.93. The van der Waals surface area contributed by atoms with Crippen LogP contribution in [0.15, 0.2) is 35.7 Å². The van der Waals surface area contributed by atoms with Crippen molar-refractivity contribution in [1.82, 2.24) is 15.2 Å². The Balaban J connectivity index is 2.04. The van der Waals surface area contributed by atoms with E-state index in [0.717, 1.165) is 36.5 Å². The van der Waals surface area contributed by atoms with E-state index in [1.165, 1.54) is 11.3 Å². The van der Waals surface area contributed by atoms with Crippen molar-refractivity contribution in [1.29, 1.82) is 0 Å². The number of carbonyl (C=O) groups is 2. The summed E-state index contributed by atoms with van der Waals surface area (Å²) in [7, 11) is 0. The maximum absolute atomic E-state index is 13.0. The Bertz CT molecular complexity index is 733. The van der Waals surface area contributed by atoms with Crippen LogP contribution in [0.4, 0.5) is 5.13 Å². The van der Waals surface area contributed by atoms with Gasteiger partial charge in [-0.25, -0.2) is 4.98 Å². The minimum atomic E-state index is -0.146. The molecule has 0 aliphatic rings. The number of rotatable bonds is 12. The standard InChI is InChI=1S/C21H30N4O2S/c1-3-5-13-23-21-24-18(16-28-21)20(27)25(14-11-19(26)22-12-4-2)15-17-9-7-6-8-10-17/h6-10,16H,3-5,11-15H2,1-2H3,(H,22,26)(H,23,24). The first-order valence-corrected chi connectivity index (χ1v) is 10.8. The third-order valence-electron chi connectivity index (χ3n) is 4.21. The van der Waals surface area contributed by atoms with Crippen LogP contribution in [-0.4, -0.2) is 41.3 Å². The summed E-state index contributed by atoms with van der Waals surface area (Å²) in [6, 6.07) is 9.81. The van der Waals surface area contributed by atoms with Crippen molar-refractivity contribution in [2.45, 2.75) is 46.1 Å². The minimum Gasteiger partial charge on any atom is -0.362 e. The average Bonchev–Trinajstić information content (AvgIpc) is 3.19. The smallest absolute Gasteiger partial charge is 0.273 e. The van der Waals surface area contributed by atoms with E-state index in [9.17, 15) is 9.59 Å². The Morgan fingerprint density at radius 2 is 1.89 bits per heavy atom. The van der Waals surface area contributed by atoms with Gasteiger partial charge in [-0.05, 0) is 18.4 Å². The summed E-state index contributed by atoms with van der Waals surface area (Å²) in [4.78, 5) is 31.2. The molecule has 7 heteroatoms. The van der Waals surface area contributed by atoms with Gasteiger partial charge in [0.1, 0.15) is 5.69 Å². The van der Waals surface area contributed by atoms with Crippen LogP contribution in [0.25, 0.3) is 0 Å². The molecule has 152 valence electrons. The van der Waals surface area contributed by atoms with Gasteiger partial charge in [-0.1, -0.05) is 50.6 Å². The van der Waals surface area contributed by atoms with Gasteiger partial charge >= 0.3 is 0 Å². The second-order valence-corrected chi connectivity index (χ2v) is 7.49. The van der Waals surface area contributed by atoms with E-state index >= 15 is 0 Å². The lowest BCUT2D eigenvalue weighted by Gasteiger charge is -2.22. The molecule has 0 fully saturated rings. The maximum Gasteiger partial charge on any atom is 0.273 e. The summed E-state index contributed by atoms with van der Waals surface area (Å²) in [5.74, 6) is -0.181. The Hall–Kier alpha value is -2.41. The number of nitrogens with zero attached hydrogens (tertiary/aromatic N) is 2. The number of carbonyl (C=O) groups excluding carboxylic acids is 2. The monoisotopic (exact) mass is 402 g/mol. The number of amides is 2. The summed E-state index contributed by atoms with van der Waals surface area (Å²) in [5.41, 5.74) is 1.45. The molecule has 0 bridgehead atoms. The van der Waals surface area contributed by atoms with Crippen molar-refractivity contribution in [3.05, 3.63) is 47.0 Å². The molecule has 1 aromatic carbocycles. The van der Waals surface area contributed by atoms with Gasteiger partial charge in [-0.2, -0.15) is 0 Å². The van der Waals surface area contributed by atoms with E-state index in [1.54, 1.807) is 10.3 Å². The molecular weight excluding hydrogens is 372 g/mol. The van der Waals surface area contributed by atoms with Crippen molar-refractivity contribution >= 4 is 28.3 Å². The zero-order valence-electron chi connectivity index (χ0n) is 16.7. The molecule has 0 radical (unpaired) electrons. The number of hydrogen-bond acceptors (Lipinski definition) is 5. The van der Waals surface area contributed by atoms with E-state index in [4.69, 9.17) is 0 Å². The van der Waals surface area contributed by atoms with Gasteiger partial charge in [0.15, 0.2) is 5.13 Å². The van der Waals surface area contributed by atoms with Crippen LogP contribution in [0.3, 0.4) is 0 Å². The molecule has 1 aromatic heterocycles. The van der Waals surface area contributed by atoms with Gasteiger partial charge in [0, 0.05) is 38.0 Å². The largest absolute Gasteiger partial charge is 0.362 e. The van der Waals surface area contributed by atoms with Crippen molar-refractivity contribution in [3.63, 3.8) is 0 Å². The van der Waals surface area contributed by atoms with Crippen LogP contribution in [0.1, 0.15) is 55.6 Å². The predicted molar refractivity (Wildman–Crippen MR) is 115 cm³/mol. The fraction of sp³-hybridized carbons (Fsp3) is 0.476. The number of benzene rings is 1. The van der Waals surface area contributed by atoms with E-state index in [1.807, 2.05) is 37.3 Å². The predicted octanol–water partition coefficient (Wildman–Crippen LogP) is 3.91. The van der Waals surface area contributed by atoms with Gasteiger partial charge in [-0.3, -0.25) is 9.59 Å². The Labute approximate surface area is 171 Å². The lowest BCUT2D eigenvalue weighted by atomic mass is 10.2. The van der Waals surface area contributed by atoms with Crippen LogP contribution in [-0.2, 0) is 11.3 Å². The van der Waals surface area contributed by atoms with Crippen molar-refractivity contribution in [2.24, 2.45) is 0 Å². The lowest BCUT2D eigenvalue weighted by Crippen LogP contribution is -2.35. The van der Waals surface area contributed by atoms with E-state index in [0.29, 0.717) is 25.3 Å². The second kappa shape index (κ2) is 12.1. The molecule has 0 saturated heterocycles. The van der Waals surface area contributed by atoms with Crippen LogP contribution in [0.2, 0.25) is 0 Å². The topological polar surface area (TPSA) is 74.3 Å². The number of unbranched alkanes of at least 4 members (excludes halogenated alkanes) is 1. The number of thiazole rings is 1. The van der Waals surface area contributed by atoms with Crippen molar-refractivity contribution < 1.29 is 9.59 Å². The highest BCUT2D eigenvalue weighted by Gasteiger charge is 2.20. The lowest BCUT2D eigenvalue weighted by molar-refractivity contribution is -0.121. The third-order valence-corrected chi connectivity index (χ3v) is 5.01. The van der Waals surface area contributed by atoms with E-state index < -0.39 is 0 Å². The zero-order chi connectivity index (χ0) is 20.2. The second-order valence-electron chi connectivity index (χ2n) is 6.63. The van der Waals surface area contributed by atoms with Crippen LogP contribution in [0, 0.1) is 0 Å². The Morgan fingerprint density at radius 3 is 2.61 bits per heavy atom. The van der Waals surface area contributed by atoms with E-state index in [-0.39, 0.29) is 18.2 Å². The quantitative estimate of drug-likeness (QED) is 0.528. The highest BCUT2D eigenvalue weighted by molar-refractivity contribution is 7.13. The van der Waals surface area contributed by atoms with Gasteiger partial charge in [0.05, 0.1) is 0 Å².